The number of esters is 1. The van der Waals surface area contributed by atoms with Crippen molar-refractivity contribution in [3.8, 4) is 5.88 Å². The van der Waals surface area contributed by atoms with E-state index in [9.17, 15) is 26.4 Å². The number of fused-ring (bicyclic) bond motifs is 1. The number of rotatable bonds is 5. The molecular weight excluding hydrogens is 427 g/mol. The monoisotopic (exact) mass is 447 g/mol. The summed E-state index contributed by atoms with van der Waals surface area (Å²) in [7, 11) is -4.72. The van der Waals surface area contributed by atoms with Crippen LogP contribution in [0.5, 0.6) is 5.88 Å². The molecule has 1 saturated heterocycles. The lowest BCUT2D eigenvalue weighted by atomic mass is 10.00. The first-order chi connectivity index (χ1) is 14.1. The maximum Gasteiger partial charge on any atom is 0.534 e. The standard InChI is InChI=1S/C18H20F3N3O5S/c1-3-12-6-4-5-9-24(12)15-16(29-30(26,27)18(19,20)21)23-13-8-7-11(17(25)28-2)10-14(13)22-15/h7-8,10,12H,3-6,9H2,1-2H3. The quantitative estimate of drug-likeness (QED) is 0.391. The fourth-order valence-electron chi connectivity index (χ4n) is 3.37. The van der Waals surface area contributed by atoms with E-state index in [1.165, 1.54) is 25.3 Å². The Hall–Kier alpha value is -2.63. The molecule has 2 heterocycles. The number of hydrogen-bond donors (Lipinski definition) is 0. The molecule has 0 saturated carbocycles. The number of methoxy groups -OCH3 is 1. The molecule has 1 fully saturated rings. The van der Waals surface area contributed by atoms with Gasteiger partial charge in [0.05, 0.1) is 23.7 Å². The number of alkyl halides is 3. The van der Waals surface area contributed by atoms with Gasteiger partial charge >= 0.3 is 21.6 Å². The molecule has 2 aromatic rings. The molecule has 1 aliphatic rings. The van der Waals surface area contributed by atoms with Gasteiger partial charge in [0, 0.05) is 12.6 Å². The zero-order chi connectivity index (χ0) is 22.1. The van der Waals surface area contributed by atoms with E-state index in [0.717, 1.165) is 19.3 Å². The molecule has 1 aromatic heterocycles. The molecule has 0 N–H and O–H groups in total. The fourth-order valence-corrected chi connectivity index (χ4v) is 3.79. The van der Waals surface area contributed by atoms with Crippen LogP contribution in [0.25, 0.3) is 11.0 Å². The van der Waals surface area contributed by atoms with Gasteiger partial charge in [-0.15, -0.1) is 0 Å². The van der Waals surface area contributed by atoms with Crippen molar-refractivity contribution >= 4 is 32.9 Å². The summed E-state index contributed by atoms with van der Waals surface area (Å²) in [6.07, 6.45) is 3.13. The van der Waals surface area contributed by atoms with Crippen molar-refractivity contribution < 1.29 is 35.3 Å². The Balaban J connectivity index is 2.18. The van der Waals surface area contributed by atoms with Crippen molar-refractivity contribution in [2.24, 2.45) is 0 Å². The molecule has 1 aromatic carbocycles. The minimum atomic E-state index is -5.93. The van der Waals surface area contributed by atoms with E-state index in [1.54, 1.807) is 4.90 Å². The molecule has 1 unspecified atom stereocenters. The predicted molar refractivity (Wildman–Crippen MR) is 102 cm³/mol. The second kappa shape index (κ2) is 8.25. The number of anilines is 1. The highest BCUT2D eigenvalue weighted by Gasteiger charge is 2.49. The molecule has 1 aliphatic heterocycles. The van der Waals surface area contributed by atoms with Crippen LogP contribution in [0.15, 0.2) is 18.2 Å². The summed E-state index contributed by atoms with van der Waals surface area (Å²) < 4.78 is 71.0. The molecule has 8 nitrogen and oxygen atoms in total. The number of nitrogens with zero attached hydrogens (tertiary/aromatic N) is 3. The van der Waals surface area contributed by atoms with E-state index in [4.69, 9.17) is 0 Å². The average Bonchev–Trinajstić information content (AvgIpc) is 2.71. The third kappa shape index (κ3) is 4.27. The summed E-state index contributed by atoms with van der Waals surface area (Å²) >= 11 is 0. The van der Waals surface area contributed by atoms with Gasteiger partial charge in [-0.2, -0.15) is 21.6 Å². The Labute approximate surface area is 171 Å². The SMILES string of the molecule is CCC1CCCCN1c1nc2cc(C(=O)OC)ccc2nc1OS(=O)(=O)C(F)(F)F. The molecular formula is C18H20F3N3O5S. The Kier molecular flexibility index (Phi) is 6.06. The van der Waals surface area contributed by atoms with Crippen molar-refractivity contribution in [3.05, 3.63) is 23.8 Å². The summed E-state index contributed by atoms with van der Waals surface area (Å²) in [5.74, 6) is -1.47. The second-order valence-corrected chi connectivity index (χ2v) is 8.32. The van der Waals surface area contributed by atoms with Crippen LogP contribution in [0.1, 0.15) is 43.0 Å². The number of hydrogen-bond acceptors (Lipinski definition) is 8. The van der Waals surface area contributed by atoms with Gasteiger partial charge < -0.3 is 13.8 Å². The number of halogens is 3. The maximum atomic E-state index is 12.9. The van der Waals surface area contributed by atoms with E-state index < -0.39 is 27.5 Å². The average molecular weight is 447 g/mol. The first-order valence-electron chi connectivity index (χ1n) is 9.25. The Morgan fingerprint density at radius 3 is 2.60 bits per heavy atom. The largest absolute Gasteiger partial charge is 0.534 e. The van der Waals surface area contributed by atoms with Crippen LogP contribution in [0.2, 0.25) is 0 Å². The van der Waals surface area contributed by atoms with Crippen molar-refractivity contribution in [2.75, 3.05) is 18.6 Å². The Bertz CT molecular complexity index is 1060. The topological polar surface area (TPSA) is 98.7 Å². The van der Waals surface area contributed by atoms with Gasteiger partial charge in [-0.3, -0.25) is 0 Å². The summed E-state index contributed by atoms with van der Waals surface area (Å²) in [5, 5.41) is 0. The van der Waals surface area contributed by atoms with Crippen LogP contribution < -0.4 is 9.08 Å². The van der Waals surface area contributed by atoms with Crippen LogP contribution in [0.3, 0.4) is 0 Å². The molecule has 12 heteroatoms. The highest BCUT2D eigenvalue weighted by molar-refractivity contribution is 7.88. The summed E-state index contributed by atoms with van der Waals surface area (Å²) in [5.41, 5.74) is -5.16. The van der Waals surface area contributed by atoms with Gasteiger partial charge in [0.15, 0.2) is 5.82 Å². The highest BCUT2D eigenvalue weighted by Crippen LogP contribution is 2.36. The lowest BCUT2D eigenvalue weighted by molar-refractivity contribution is -0.0501. The summed E-state index contributed by atoms with van der Waals surface area (Å²) in [6.45, 7) is 2.37. The van der Waals surface area contributed by atoms with Crippen LogP contribution in [0, 0.1) is 0 Å². The summed E-state index contributed by atoms with van der Waals surface area (Å²) in [6, 6.07) is 3.99. The first kappa shape index (κ1) is 22.1. The normalized spacial score (nSPS) is 17.8. The molecule has 0 amide bonds. The van der Waals surface area contributed by atoms with Crippen LogP contribution in [0.4, 0.5) is 19.0 Å². The van der Waals surface area contributed by atoms with E-state index in [0.29, 0.717) is 13.0 Å². The zero-order valence-electron chi connectivity index (χ0n) is 16.3. The first-order valence-corrected chi connectivity index (χ1v) is 10.7. The number of benzene rings is 1. The molecule has 30 heavy (non-hydrogen) atoms. The molecule has 0 aliphatic carbocycles. The Morgan fingerprint density at radius 2 is 1.97 bits per heavy atom. The van der Waals surface area contributed by atoms with E-state index in [-0.39, 0.29) is 28.5 Å². The van der Waals surface area contributed by atoms with Gasteiger partial charge in [0.2, 0.25) is 0 Å². The van der Waals surface area contributed by atoms with E-state index >= 15 is 0 Å². The van der Waals surface area contributed by atoms with Gasteiger partial charge in [-0.25, -0.2) is 14.8 Å². The Morgan fingerprint density at radius 1 is 1.23 bits per heavy atom. The van der Waals surface area contributed by atoms with Gasteiger partial charge in [-0.05, 0) is 43.9 Å². The number of carbonyl (C=O) groups excluding carboxylic acids is 1. The van der Waals surface area contributed by atoms with Crippen LogP contribution in [-0.4, -0.2) is 49.6 Å². The number of aromatic nitrogens is 2. The minimum absolute atomic E-state index is 0.0646. The van der Waals surface area contributed by atoms with Gasteiger partial charge in [0.25, 0.3) is 5.88 Å². The van der Waals surface area contributed by atoms with Gasteiger partial charge in [0.1, 0.15) is 0 Å². The summed E-state index contributed by atoms with van der Waals surface area (Å²) in [4.78, 5) is 21.8. The van der Waals surface area contributed by atoms with Crippen molar-refractivity contribution in [3.63, 3.8) is 0 Å². The molecule has 0 bridgehead atoms. The van der Waals surface area contributed by atoms with Crippen molar-refractivity contribution in [1.82, 2.24) is 9.97 Å². The minimum Gasteiger partial charge on any atom is -0.465 e. The van der Waals surface area contributed by atoms with E-state index in [1.807, 2.05) is 6.92 Å². The molecule has 3 rings (SSSR count). The smallest absolute Gasteiger partial charge is 0.465 e. The number of piperidine rings is 1. The lowest BCUT2D eigenvalue weighted by Gasteiger charge is -2.36. The number of ether oxygens (including phenoxy) is 1. The third-order valence-electron chi connectivity index (χ3n) is 4.88. The number of carbonyl (C=O) groups is 1. The van der Waals surface area contributed by atoms with Crippen molar-refractivity contribution in [1.29, 1.82) is 0 Å². The fraction of sp³-hybridized carbons (Fsp3) is 0.500. The van der Waals surface area contributed by atoms with E-state index in [2.05, 4.69) is 18.9 Å². The van der Waals surface area contributed by atoms with Crippen LogP contribution in [-0.2, 0) is 14.9 Å². The molecule has 0 spiro atoms. The predicted octanol–water partition coefficient (Wildman–Crippen LogP) is 3.41. The highest BCUT2D eigenvalue weighted by atomic mass is 32.2. The van der Waals surface area contributed by atoms with Crippen LogP contribution >= 0.6 is 0 Å². The van der Waals surface area contributed by atoms with Crippen molar-refractivity contribution in [2.45, 2.75) is 44.2 Å². The molecule has 164 valence electrons. The third-order valence-corrected chi connectivity index (χ3v) is 5.82. The molecule has 1 atom stereocenters. The second-order valence-electron chi connectivity index (χ2n) is 6.78. The van der Waals surface area contributed by atoms with Gasteiger partial charge in [-0.1, -0.05) is 6.92 Å². The lowest BCUT2D eigenvalue weighted by Crippen LogP contribution is -2.40. The zero-order valence-corrected chi connectivity index (χ0v) is 17.1. The molecule has 0 radical (unpaired) electrons. The maximum absolute atomic E-state index is 12.9.